The minimum atomic E-state index is -0.429. The third-order valence-electron chi connectivity index (χ3n) is 5.53. The molecule has 3 aliphatic heterocycles. The van der Waals surface area contributed by atoms with E-state index in [4.69, 9.17) is 14.5 Å². The first-order valence-electron chi connectivity index (χ1n) is 9.23. The topological polar surface area (TPSA) is 76.5 Å². The first kappa shape index (κ1) is 16.8. The number of morpholine rings is 1. The van der Waals surface area contributed by atoms with Crippen LogP contribution in [0.5, 0.6) is 0 Å². The Morgan fingerprint density at radius 1 is 0.926 bits per heavy atom. The van der Waals surface area contributed by atoms with Gasteiger partial charge in [-0.1, -0.05) is 0 Å². The Morgan fingerprint density at radius 3 is 2.52 bits per heavy atom. The Morgan fingerprint density at radius 2 is 1.70 bits per heavy atom. The van der Waals surface area contributed by atoms with Crippen LogP contribution in [0.4, 0.5) is 16.3 Å². The van der Waals surface area contributed by atoms with Gasteiger partial charge in [0.15, 0.2) is 5.82 Å². The third-order valence-corrected chi connectivity index (χ3v) is 5.53. The molecule has 0 unspecified atom stereocenters. The molecular formula is C18H21FN6O2. The number of nitrogens with zero attached hydrogens (tertiary/aromatic N) is 6. The number of anilines is 2. The van der Waals surface area contributed by atoms with Crippen molar-refractivity contribution in [2.75, 3.05) is 55.8 Å². The van der Waals surface area contributed by atoms with Gasteiger partial charge in [-0.2, -0.15) is 0 Å². The summed E-state index contributed by atoms with van der Waals surface area (Å²) >= 11 is 0. The minimum absolute atomic E-state index is 0.213. The van der Waals surface area contributed by atoms with E-state index in [1.165, 1.54) is 12.4 Å². The van der Waals surface area contributed by atoms with Gasteiger partial charge in [-0.15, -0.1) is 0 Å². The van der Waals surface area contributed by atoms with Crippen molar-refractivity contribution in [3.05, 3.63) is 35.7 Å². The monoisotopic (exact) mass is 372 g/mol. The fraction of sp³-hybridized carbons (Fsp3) is 0.556. The molecule has 142 valence electrons. The zero-order valence-corrected chi connectivity index (χ0v) is 15.0. The summed E-state index contributed by atoms with van der Waals surface area (Å²) in [5, 5.41) is 0. The molecule has 0 N–H and O–H groups in total. The van der Waals surface area contributed by atoms with Crippen LogP contribution < -0.4 is 9.80 Å². The standard InChI is InChI=1S/C18H21FN6O2/c19-14-8-21-16(22-9-14)25-2-1-18(11-25)12-27-10-13-7-20-17(23-15(13)18)24-3-5-26-6-4-24/h7-9H,1-6,10-12H2/t18-/m1/s1. The van der Waals surface area contributed by atoms with E-state index < -0.39 is 5.82 Å². The van der Waals surface area contributed by atoms with E-state index in [2.05, 4.69) is 24.8 Å². The number of hydrogen-bond acceptors (Lipinski definition) is 8. The van der Waals surface area contributed by atoms with Crippen LogP contribution in [0, 0.1) is 5.82 Å². The van der Waals surface area contributed by atoms with Crippen LogP contribution in [0.15, 0.2) is 18.6 Å². The summed E-state index contributed by atoms with van der Waals surface area (Å²) in [6.07, 6.45) is 5.19. The zero-order chi connectivity index (χ0) is 18.3. The molecule has 2 saturated heterocycles. The molecule has 27 heavy (non-hydrogen) atoms. The second kappa shape index (κ2) is 6.65. The van der Waals surface area contributed by atoms with Gasteiger partial charge in [0, 0.05) is 37.9 Å². The smallest absolute Gasteiger partial charge is 0.225 e. The highest BCUT2D eigenvalue weighted by atomic mass is 19.1. The van der Waals surface area contributed by atoms with Crippen molar-refractivity contribution in [1.29, 1.82) is 0 Å². The average Bonchev–Trinajstić information content (AvgIpc) is 3.14. The van der Waals surface area contributed by atoms with Crippen molar-refractivity contribution in [3.8, 4) is 0 Å². The van der Waals surface area contributed by atoms with Crippen molar-refractivity contribution in [3.63, 3.8) is 0 Å². The van der Waals surface area contributed by atoms with E-state index in [0.29, 0.717) is 38.9 Å². The lowest BCUT2D eigenvalue weighted by atomic mass is 9.80. The molecule has 8 nitrogen and oxygen atoms in total. The van der Waals surface area contributed by atoms with Crippen molar-refractivity contribution in [2.24, 2.45) is 0 Å². The van der Waals surface area contributed by atoms with Crippen LogP contribution >= 0.6 is 0 Å². The predicted molar refractivity (Wildman–Crippen MR) is 95.2 cm³/mol. The number of hydrogen-bond donors (Lipinski definition) is 0. The predicted octanol–water partition coefficient (Wildman–Crippen LogP) is 0.921. The molecule has 2 fully saturated rings. The molecule has 9 heteroatoms. The van der Waals surface area contributed by atoms with E-state index in [9.17, 15) is 4.39 Å². The lowest BCUT2D eigenvalue weighted by Crippen LogP contribution is -2.42. The Kier molecular flexibility index (Phi) is 4.13. The van der Waals surface area contributed by atoms with Gasteiger partial charge in [-0.25, -0.2) is 24.3 Å². The molecule has 5 heterocycles. The molecule has 0 aliphatic carbocycles. The quantitative estimate of drug-likeness (QED) is 0.770. The molecule has 0 aromatic carbocycles. The maximum atomic E-state index is 13.1. The summed E-state index contributed by atoms with van der Waals surface area (Å²) in [4.78, 5) is 22.0. The fourth-order valence-electron chi connectivity index (χ4n) is 4.13. The first-order valence-corrected chi connectivity index (χ1v) is 9.23. The molecule has 5 rings (SSSR count). The molecule has 2 aromatic heterocycles. The number of fused-ring (bicyclic) bond motifs is 2. The normalized spacial score (nSPS) is 25.1. The molecule has 0 amide bonds. The van der Waals surface area contributed by atoms with Crippen LogP contribution in [0.25, 0.3) is 0 Å². The first-order chi connectivity index (χ1) is 13.2. The highest BCUT2D eigenvalue weighted by Gasteiger charge is 2.46. The van der Waals surface area contributed by atoms with Gasteiger partial charge < -0.3 is 19.3 Å². The minimum Gasteiger partial charge on any atom is -0.378 e. The summed E-state index contributed by atoms with van der Waals surface area (Å²) in [6.45, 7) is 5.63. The van der Waals surface area contributed by atoms with E-state index >= 15 is 0 Å². The Labute approximate surface area is 156 Å². The van der Waals surface area contributed by atoms with E-state index in [-0.39, 0.29) is 5.41 Å². The molecule has 0 bridgehead atoms. The maximum Gasteiger partial charge on any atom is 0.225 e. The van der Waals surface area contributed by atoms with Crippen LogP contribution in [-0.4, -0.2) is 65.9 Å². The summed E-state index contributed by atoms with van der Waals surface area (Å²) < 4.78 is 24.5. The van der Waals surface area contributed by atoms with E-state index in [1.54, 1.807) is 0 Å². The van der Waals surface area contributed by atoms with Crippen molar-refractivity contribution < 1.29 is 13.9 Å². The molecular weight excluding hydrogens is 351 g/mol. The Hall–Kier alpha value is -2.39. The summed E-state index contributed by atoms with van der Waals surface area (Å²) in [5.41, 5.74) is 1.89. The fourth-order valence-corrected chi connectivity index (χ4v) is 4.13. The van der Waals surface area contributed by atoms with Gasteiger partial charge in [0.2, 0.25) is 11.9 Å². The zero-order valence-electron chi connectivity index (χ0n) is 15.0. The number of ether oxygens (including phenoxy) is 2. The molecule has 1 spiro atoms. The highest BCUT2D eigenvalue weighted by molar-refractivity contribution is 5.43. The second-order valence-corrected chi connectivity index (χ2v) is 7.29. The van der Waals surface area contributed by atoms with E-state index in [0.717, 1.165) is 43.3 Å². The summed E-state index contributed by atoms with van der Waals surface area (Å²) in [6, 6.07) is 0. The number of rotatable bonds is 2. The largest absolute Gasteiger partial charge is 0.378 e. The lowest BCUT2D eigenvalue weighted by Gasteiger charge is -2.35. The van der Waals surface area contributed by atoms with Crippen molar-refractivity contribution in [2.45, 2.75) is 18.4 Å². The third kappa shape index (κ3) is 3.00. The summed E-state index contributed by atoms with van der Waals surface area (Å²) in [7, 11) is 0. The van der Waals surface area contributed by atoms with E-state index in [1.807, 2.05) is 6.20 Å². The average molecular weight is 372 g/mol. The number of halogens is 1. The van der Waals surface area contributed by atoms with Gasteiger partial charge in [-0.3, -0.25) is 0 Å². The lowest BCUT2D eigenvalue weighted by molar-refractivity contribution is 0.0555. The van der Waals surface area contributed by atoms with Gasteiger partial charge in [-0.05, 0) is 6.42 Å². The molecule has 1 atom stereocenters. The highest BCUT2D eigenvalue weighted by Crippen LogP contribution is 2.40. The summed E-state index contributed by atoms with van der Waals surface area (Å²) in [5.74, 6) is 0.875. The van der Waals surface area contributed by atoms with Crippen LogP contribution in [-0.2, 0) is 21.5 Å². The van der Waals surface area contributed by atoms with Crippen LogP contribution in [0.3, 0.4) is 0 Å². The van der Waals surface area contributed by atoms with Crippen molar-refractivity contribution in [1.82, 2.24) is 19.9 Å². The van der Waals surface area contributed by atoms with Gasteiger partial charge >= 0.3 is 0 Å². The van der Waals surface area contributed by atoms with Gasteiger partial charge in [0.25, 0.3) is 0 Å². The van der Waals surface area contributed by atoms with Crippen molar-refractivity contribution >= 4 is 11.9 Å². The molecule has 2 aromatic rings. The Balaban J connectivity index is 1.45. The SMILES string of the molecule is Fc1cnc(N2CC[C@]3(COCc4cnc(N5CCOCC5)nc43)C2)nc1. The molecule has 0 saturated carbocycles. The molecule has 3 aliphatic rings. The second-order valence-electron chi connectivity index (χ2n) is 7.29. The number of aromatic nitrogens is 4. The Bertz CT molecular complexity index is 829. The van der Waals surface area contributed by atoms with Crippen LogP contribution in [0.1, 0.15) is 17.7 Å². The molecule has 0 radical (unpaired) electrons. The van der Waals surface area contributed by atoms with Crippen LogP contribution in [0.2, 0.25) is 0 Å². The van der Waals surface area contributed by atoms with Gasteiger partial charge in [0.05, 0.1) is 49.9 Å². The van der Waals surface area contributed by atoms with Gasteiger partial charge in [0.1, 0.15) is 0 Å². The maximum absolute atomic E-state index is 13.1.